The van der Waals surface area contributed by atoms with Crippen LogP contribution in [-0.4, -0.2) is 193 Å². The molecule has 3 fully saturated rings. The Bertz CT molecular complexity index is 2260. The minimum absolute atomic E-state index is 0.242. The molecule has 3 saturated heterocycles. The largest absolute Gasteiger partial charge is 0.394 e. The van der Waals surface area contributed by atoms with E-state index in [4.69, 9.17) is 28.4 Å². The molecule has 0 radical (unpaired) electrons. The highest BCUT2D eigenvalue weighted by atomic mass is 16.8. The van der Waals surface area contributed by atoms with E-state index < -0.39 is 124 Å². The molecule has 17 atom stereocenters. The van der Waals surface area contributed by atoms with E-state index in [-0.39, 0.29) is 18.9 Å². The molecule has 0 aliphatic carbocycles. The van der Waals surface area contributed by atoms with Gasteiger partial charge in [-0.25, -0.2) is 0 Å². The molecule has 0 aromatic heterocycles. The van der Waals surface area contributed by atoms with Crippen LogP contribution in [0.25, 0.3) is 0 Å². The van der Waals surface area contributed by atoms with Gasteiger partial charge in [-0.3, -0.25) is 4.79 Å². The SMILES string of the molecule is CC/C=C\C/C=C\C/C=C\C/C=C\C/C=C\C/C=C\C/C=C\CCCCCCCCCCCCCCCC(=O)NC(COC1OC(CO)C(OC2OC(CO)C(OC3OC(CO)C(O)C(O)C3O)C(O)C2O)C(O)C1O)C(O)CCCCCCCCCCCCCCCCCCCCCCCCCCCCC. The van der Waals surface area contributed by atoms with E-state index >= 15 is 0 Å². The number of unbranched alkanes of at least 4 members (excludes halogenated alkanes) is 39. The van der Waals surface area contributed by atoms with Crippen LogP contribution in [0.4, 0.5) is 0 Å². The van der Waals surface area contributed by atoms with Gasteiger partial charge in [0.2, 0.25) is 5.91 Å². The lowest BCUT2D eigenvalue weighted by Crippen LogP contribution is -2.66. The first kappa shape index (κ1) is 98.2. The minimum atomic E-state index is -1.98. The van der Waals surface area contributed by atoms with Gasteiger partial charge in [-0.2, -0.15) is 0 Å². The summed E-state index contributed by atoms with van der Waals surface area (Å²) in [5, 5.41) is 121. The van der Waals surface area contributed by atoms with E-state index in [9.17, 15) is 61.0 Å². The third-order valence-corrected chi connectivity index (χ3v) is 21.2. The summed E-state index contributed by atoms with van der Waals surface area (Å²) in [7, 11) is 0. The number of carbonyl (C=O) groups excluding carboxylic acids is 1. The molecule has 0 bridgehead atoms. The van der Waals surface area contributed by atoms with Crippen LogP contribution in [0, 0.1) is 0 Å². The Morgan fingerprint density at radius 2 is 0.645 bits per heavy atom. The molecular formula is C88H157NO18. The van der Waals surface area contributed by atoms with E-state index in [0.717, 1.165) is 96.3 Å². The summed E-state index contributed by atoms with van der Waals surface area (Å²) < 4.78 is 34.6. The molecule has 3 aliphatic rings. The topological polar surface area (TPSA) is 307 Å². The van der Waals surface area contributed by atoms with E-state index in [1.54, 1.807) is 0 Å². The zero-order valence-electron chi connectivity index (χ0n) is 66.9. The Labute approximate surface area is 648 Å². The van der Waals surface area contributed by atoms with Crippen LogP contribution in [0.5, 0.6) is 0 Å². The average Bonchev–Trinajstić information content (AvgIpc) is 0.781. The van der Waals surface area contributed by atoms with Gasteiger partial charge in [0.15, 0.2) is 18.9 Å². The highest BCUT2D eigenvalue weighted by molar-refractivity contribution is 5.76. The van der Waals surface area contributed by atoms with E-state index in [1.807, 2.05) is 0 Å². The zero-order valence-corrected chi connectivity index (χ0v) is 66.9. The Hall–Kier alpha value is -3.03. The number of aliphatic hydroxyl groups excluding tert-OH is 11. The summed E-state index contributed by atoms with van der Waals surface area (Å²) in [6.45, 7) is 1.73. The number of amides is 1. The second-order valence-electron chi connectivity index (χ2n) is 30.6. The predicted octanol–water partition coefficient (Wildman–Crippen LogP) is 15.7. The maximum absolute atomic E-state index is 13.5. The number of nitrogens with one attached hydrogen (secondary N) is 1. The summed E-state index contributed by atoms with van der Waals surface area (Å²) in [6, 6.07) is -0.894. The number of aliphatic hydroxyl groups is 11. The molecule has 1 amide bonds. The summed E-state index contributed by atoms with van der Waals surface area (Å²) in [4.78, 5) is 13.5. The Kier molecular flexibility index (Phi) is 61.9. The number of hydrogen-bond acceptors (Lipinski definition) is 18. The summed E-state index contributed by atoms with van der Waals surface area (Å²) in [5.41, 5.74) is 0. The molecule has 3 aliphatic heterocycles. The quantitative estimate of drug-likeness (QED) is 0.0199. The first-order valence-electron chi connectivity index (χ1n) is 43.3. The number of ether oxygens (including phenoxy) is 6. The van der Waals surface area contributed by atoms with Crippen LogP contribution in [0.1, 0.15) is 335 Å². The van der Waals surface area contributed by atoms with Crippen molar-refractivity contribution in [2.45, 2.75) is 439 Å². The van der Waals surface area contributed by atoms with Crippen molar-refractivity contribution in [3.63, 3.8) is 0 Å². The van der Waals surface area contributed by atoms with Crippen LogP contribution < -0.4 is 5.32 Å². The number of rotatable bonds is 69. The molecule has 3 rings (SSSR count). The van der Waals surface area contributed by atoms with Gasteiger partial charge in [-0.15, -0.1) is 0 Å². The van der Waals surface area contributed by atoms with Gasteiger partial charge >= 0.3 is 0 Å². The number of allylic oxidation sites excluding steroid dienone is 14. The van der Waals surface area contributed by atoms with Gasteiger partial charge in [0.25, 0.3) is 0 Å². The standard InChI is InChI=1S/C88H157NO18/c1-3-5-7-9-11-13-15-17-19-21-23-25-27-29-31-32-33-34-35-36-37-38-40-42-44-46-48-50-52-54-56-58-60-62-64-66-76(94)89-71(72(93)65-63-61-59-57-55-53-51-49-47-45-43-41-39-30-28-26-24-22-20-18-16-14-12-10-8-6-4-2)70-102-86-82(100)79(97)84(74(68-91)104-86)107-88-83(101)80(98)85(75(69-92)105-88)106-87-81(99)78(96)77(95)73(67-90)103-87/h5,7,11,13,17,19,23,25,29,31,33-34,36-37,71-75,77-88,90-93,95-101H,3-4,6,8-10,12,14-16,18,20-22,24,26-28,30,32,35,38-70H2,1-2H3,(H,89,94)/b7-5-,13-11-,19-17-,25-23-,31-29-,34-33-,37-36-. The van der Waals surface area contributed by atoms with E-state index in [2.05, 4.69) is 104 Å². The lowest BCUT2D eigenvalue weighted by molar-refractivity contribution is -0.379. The van der Waals surface area contributed by atoms with Gasteiger partial charge in [0.05, 0.1) is 38.6 Å². The van der Waals surface area contributed by atoms with Crippen molar-refractivity contribution in [1.82, 2.24) is 5.32 Å². The maximum atomic E-state index is 13.5. The highest BCUT2D eigenvalue weighted by Gasteiger charge is 2.54. The highest BCUT2D eigenvalue weighted by Crippen LogP contribution is 2.33. The molecule has 0 saturated carbocycles. The molecule has 622 valence electrons. The fourth-order valence-corrected chi connectivity index (χ4v) is 14.4. The average molecular weight is 1520 g/mol. The summed E-state index contributed by atoms with van der Waals surface area (Å²) >= 11 is 0. The van der Waals surface area contributed by atoms with Crippen molar-refractivity contribution in [3.8, 4) is 0 Å². The molecule has 0 aromatic carbocycles. The van der Waals surface area contributed by atoms with Gasteiger partial charge in [-0.05, 0) is 70.6 Å². The second-order valence-corrected chi connectivity index (χ2v) is 30.6. The Morgan fingerprint density at radius 1 is 0.346 bits per heavy atom. The number of hydrogen-bond donors (Lipinski definition) is 12. The van der Waals surface area contributed by atoms with Crippen molar-refractivity contribution in [2.75, 3.05) is 26.4 Å². The van der Waals surface area contributed by atoms with Crippen LogP contribution in [0.3, 0.4) is 0 Å². The van der Waals surface area contributed by atoms with Crippen molar-refractivity contribution < 1.29 is 89.4 Å². The molecular weight excluding hydrogens is 1360 g/mol. The lowest BCUT2D eigenvalue weighted by Gasteiger charge is -2.48. The fraction of sp³-hybridized carbons (Fsp3) is 0.830. The molecule has 19 heteroatoms. The van der Waals surface area contributed by atoms with Crippen molar-refractivity contribution >= 4 is 5.91 Å². The summed E-state index contributed by atoms with van der Waals surface area (Å²) in [5.74, 6) is -0.242. The van der Waals surface area contributed by atoms with E-state index in [0.29, 0.717) is 12.8 Å². The third kappa shape index (κ3) is 46.7. The molecule has 12 N–H and O–H groups in total. The zero-order chi connectivity index (χ0) is 77.4. The van der Waals surface area contributed by atoms with Crippen molar-refractivity contribution in [2.24, 2.45) is 0 Å². The predicted molar refractivity (Wildman–Crippen MR) is 429 cm³/mol. The Morgan fingerprint density at radius 3 is 1.01 bits per heavy atom. The fourth-order valence-electron chi connectivity index (χ4n) is 14.4. The van der Waals surface area contributed by atoms with Gasteiger partial charge < -0.3 is 89.9 Å². The second kappa shape index (κ2) is 67.5. The van der Waals surface area contributed by atoms with Gasteiger partial charge in [-0.1, -0.05) is 343 Å². The van der Waals surface area contributed by atoms with Crippen molar-refractivity contribution in [3.05, 3.63) is 85.1 Å². The van der Waals surface area contributed by atoms with E-state index in [1.165, 1.54) is 205 Å². The number of carbonyl (C=O) groups is 1. The molecule has 19 nitrogen and oxygen atoms in total. The maximum Gasteiger partial charge on any atom is 0.220 e. The Balaban J connectivity index is 1.34. The normalized spacial score (nSPS) is 25.9. The molecule has 17 unspecified atom stereocenters. The summed E-state index contributed by atoms with van der Waals surface area (Å²) in [6.07, 6.45) is 63.8. The smallest absolute Gasteiger partial charge is 0.220 e. The first-order valence-corrected chi connectivity index (χ1v) is 43.3. The molecule has 0 aromatic rings. The van der Waals surface area contributed by atoms with Crippen LogP contribution in [-0.2, 0) is 33.2 Å². The monoisotopic (exact) mass is 1520 g/mol. The van der Waals surface area contributed by atoms with Gasteiger partial charge in [0.1, 0.15) is 73.2 Å². The van der Waals surface area contributed by atoms with Crippen molar-refractivity contribution in [1.29, 1.82) is 0 Å². The molecule has 107 heavy (non-hydrogen) atoms. The molecule has 0 spiro atoms. The molecule has 3 heterocycles. The first-order chi connectivity index (χ1) is 52.3. The van der Waals surface area contributed by atoms with Gasteiger partial charge in [0, 0.05) is 6.42 Å². The minimum Gasteiger partial charge on any atom is -0.394 e. The van der Waals surface area contributed by atoms with Crippen LogP contribution in [0.2, 0.25) is 0 Å². The van der Waals surface area contributed by atoms with Crippen LogP contribution >= 0.6 is 0 Å². The lowest BCUT2D eigenvalue weighted by atomic mass is 9.96. The third-order valence-electron chi connectivity index (χ3n) is 21.2. The van der Waals surface area contributed by atoms with Crippen LogP contribution in [0.15, 0.2) is 85.1 Å².